The van der Waals surface area contributed by atoms with Gasteiger partial charge in [-0.2, -0.15) is 0 Å². The Kier molecular flexibility index (Phi) is 3.50. The van der Waals surface area contributed by atoms with Crippen molar-refractivity contribution < 1.29 is 9.59 Å². The Labute approximate surface area is 108 Å². The fourth-order valence-corrected chi connectivity index (χ4v) is 2.41. The lowest BCUT2D eigenvalue weighted by Crippen LogP contribution is -2.44. The Morgan fingerprint density at radius 2 is 1.89 bits per heavy atom. The predicted molar refractivity (Wildman–Crippen MR) is 71.7 cm³/mol. The maximum atomic E-state index is 12.5. The van der Waals surface area contributed by atoms with Gasteiger partial charge in [0, 0.05) is 5.56 Å². The number of para-hydroxylation sites is 1. The van der Waals surface area contributed by atoms with Gasteiger partial charge in [0.05, 0.1) is 5.69 Å². The van der Waals surface area contributed by atoms with E-state index in [1.165, 1.54) is 0 Å². The number of unbranched alkanes of at least 4 members (excludes halogenated alkanes) is 2. The molecule has 0 fully saturated rings. The Bertz CT molecular complexity index is 481. The number of Topliss-reactive ketones (excluding diaryl/α,β-unsaturated/α-hetero) is 1. The van der Waals surface area contributed by atoms with Gasteiger partial charge in [-0.05, 0) is 25.5 Å². The van der Waals surface area contributed by atoms with Crippen molar-refractivity contribution in [2.24, 2.45) is 5.41 Å². The van der Waals surface area contributed by atoms with E-state index in [4.69, 9.17) is 0 Å². The van der Waals surface area contributed by atoms with Gasteiger partial charge in [0.1, 0.15) is 5.41 Å². The number of hydrogen-bond donors (Lipinski definition) is 1. The molecule has 0 saturated heterocycles. The van der Waals surface area contributed by atoms with Gasteiger partial charge in [0.25, 0.3) is 0 Å². The van der Waals surface area contributed by atoms with Crippen molar-refractivity contribution in [3.05, 3.63) is 29.8 Å². The third kappa shape index (κ3) is 2.05. The second-order valence-electron chi connectivity index (χ2n) is 5.12. The summed E-state index contributed by atoms with van der Waals surface area (Å²) in [5, 5.41) is 2.85. The maximum Gasteiger partial charge on any atom is 0.238 e. The van der Waals surface area contributed by atoms with Crippen LogP contribution in [0.1, 0.15) is 49.9 Å². The molecule has 1 aliphatic heterocycles. The van der Waals surface area contributed by atoms with Gasteiger partial charge in [-0.15, -0.1) is 0 Å². The summed E-state index contributed by atoms with van der Waals surface area (Å²) >= 11 is 0. The summed E-state index contributed by atoms with van der Waals surface area (Å²) < 4.78 is 0. The third-order valence-corrected chi connectivity index (χ3v) is 3.70. The van der Waals surface area contributed by atoms with Crippen LogP contribution in [0.2, 0.25) is 0 Å². The molecule has 0 aromatic heterocycles. The summed E-state index contributed by atoms with van der Waals surface area (Å²) in [5.41, 5.74) is 0.375. The van der Waals surface area contributed by atoms with Crippen LogP contribution in [0.5, 0.6) is 0 Å². The first kappa shape index (κ1) is 12.8. The van der Waals surface area contributed by atoms with E-state index >= 15 is 0 Å². The first-order chi connectivity index (χ1) is 8.59. The van der Waals surface area contributed by atoms with E-state index in [2.05, 4.69) is 12.2 Å². The average molecular weight is 245 g/mol. The summed E-state index contributed by atoms with van der Waals surface area (Å²) in [6.45, 7) is 3.87. The van der Waals surface area contributed by atoms with Crippen LogP contribution in [0.25, 0.3) is 0 Å². The quantitative estimate of drug-likeness (QED) is 0.652. The monoisotopic (exact) mass is 245 g/mol. The standard InChI is InChI=1S/C15H19NO2/c1-3-4-7-10-15(2)13(17)11-8-5-6-9-12(11)16-14(15)18/h5-6,8-9H,3-4,7,10H2,1-2H3,(H,16,18). The lowest BCUT2D eigenvalue weighted by molar-refractivity contribution is -0.123. The second-order valence-corrected chi connectivity index (χ2v) is 5.12. The molecule has 0 spiro atoms. The summed E-state index contributed by atoms with van der Waals surface area (Å²) in [5.74, 6) is -0.208. The highest BCUT2D eigenvalue weighted by Gasteiger charge is 2.44. The van der Waals surface area contributed by atoms with Crippen molar-refractivity contribution >= 4 is 17.4 Å². The molecule has 96 valence electrons. The minimum Gasteiger partial charge on any atom is -0.325 e. The van der Waals surface area contributed by atoms with E-state index in [9.17, 15) is 9.59 Å². The molecule has 18 heavy (non-hydrogen) atoms. The van der Waals surface area contributed by atoms with Gasteiger partial charge >= 0.3 is 0 Å². The Balaban J connectivity index is 2.28. The van der Waals surface area contributed by atoms with Gasteiger partial charge in [0.2, 0.25) is 5.91 Å². The minimum absolute atomic E-state index is 0.0436. The van der Waals surface area contributed by atoms with E-state index < -0.39 is 5.41 Å². The smallest absolute Gasteiger partial charge is 0.238 e. The number of anilines is 1. The third-order valence-electron chi connectivity index (χ3n) is 3.70. The van der Waals surface area contributed by atoms with Gasteiger partial charge < -0.3 is 5.32 Å². The first-order valence-electron chi connectivity index (χ1n) is 6.55. The molecule has 1 aliphatic rings. The highest BCUT2D eigenvalue weighted by molar-refractivity contribution is 6.23. The molecule has 0 saturated carbocycles. The molecule has 1 amide bonds. The molecule has 0 radical (unpaired) electrons. The van der Waals surface area contributed by atoms with Crippen molar-refractivity contribution in [1.29, 1.82) is 0 Å². The zero-order valence-corrected chi connectivity index (χ0v) is 11.0. The van der Waals surface area contributed by atoms with E-state index in [-0.39, 0.29) is 11.7 Å². The van der Waals surface area contributed by atoms with Crippen molar-refractivity contribution in [3.8, 4) is 0 Å². The van der Waals surface area contributed by atoms with Crippen LogP contribution < -0.4 is 5.32 Å². The van der Waals surface area contributed by atoms with Crippen molar-refractivity contribution in [2.45, 2.75) is 39.5 Å². The number of carbonyl (C=O) groups is 2. The molecule has 0 bridgehead atoms. The number of rotatable bonds is 4. The molecule has 3 heteroatoms. The van der Waals surface area contributed by atoms with E-state index in [1.54, 1.807) is 19.1 Å². The predicted octanol–water partition coefficient (Wildman–Crippen LogP) is 3.41. The molecule has 2 rings (SSSR count). The molecule has 1 atom stereocenters. The van der Waals surface area contributed by atoms with Crippen LogP contribution in [0.15, 0.2) is 24.3 Å². The van der Waals surface area contributed by atoms with E-state index in [0.29, 0.717) is 17.7 Å². The number of benzene rings is 1. The summed E-state index contributed by atoms with van der Waals surface area (Å²) in [7, 11) is 0. The molecule has 1 N–H and O–H groups in total. The summed E-state index contributed by atoms with van der Waals surface area (Å²) in [6, 6.07) is 7.22. The van der Waals surface area contributed by atoms with Gasteiger partial charge in [-0.3, -0.25) is 9.59 Å². The largest absolute Gasteiger partial charge is 0.325 e. The molecule has 1 aromatic carbocycles. The normalized spacial score (nSPS) is 22.6. The number of fused-ring (bicyclic) bond motifs is 1. The number of nitrogens with one attached hydrogen (secondary N) is 1. The molecule has 0 aliphatic carbocycles. The highest BCUT2D eigenvalue weighted by Crippen LogP contribution is 2.37. The number of hydrogen-bond acceptors (Lipinski definition) is 2. The fraction of sp³-hybridized carbons (Fsp3) is 0.467. The summed E-state index contributed by atoms with van der Waals surface area (Å²) in [4.78, 5) is 24.6. The maximum absolute atomic E-state index is 12.5. The Morgan fingerprint density at radius 3 is 2.61 bits per heavy atom. The molecular weight excluding hydrogens is 226 g/mol. The first-order valence-corrected chi connectivity index (χ1v) is 6.55. The zero-order chi connectivity index (χ0) is 13.2. The van der Waals surface area contributed by atoms with Crippen molar-refractivity contribution in [1.82, 2.24) is 0 Å². The number of ketones is 1. The molecule has 1 aromatic rings. The topological polar surface area (TPSA) is 46.2 Å². The molecular formula is C15H19NO2. The second kappa shape index (κ2) is 4.92. The SMILES string of the molecule is CCCCCC1(C)C(=O)Nc2ccccc2C1=O. The van der Waals surface area contributed by atoms with Crippen LogP contribution in [-0.4, -0.2) is 11.7 Å². The lowest BCUT2D eigenvalue weighted by Gasteiger charge is -2.32. The van der Waals surface area contributed by atoms with E-state index in [1.807, 2.05) is 12.1 Å². The zero-order valence-electron chi connectivity index (χ0n) is 11.0. The molecule has 3 nitrogen and oxygen atoms in total. The van der Waals surface area contributed by atoms with Crippen LogP contribution >= 0.6 is 0 Å². The minimum atomic E-state index is -0.899. The van der Waals surface area contributed by atoms with Crippen LogP contribution in [-0.2, 0) is 4.79 Å². The van der Waals surface area contributed by atoms with Gasteiger partial charge in [0.15, 0.2) is 5.78 Å². The number of carbonyl (C=O) groups excluding carboxylic acids is 2. The number of amides is 1. The Hall–Kier alpha value is -1.64. The van der Waals surface area contributed by atoms with Gasteiger partial charge in [-0.25, -0.2) is 0 Å². The average Bonchev–Trinajstić information content (AvgIpc) is 2.37. The van der Waals surface area contributed by atoms with E-state index in [0.717, 1.165) is 19.3 Å². The molecule has 1 unspecified atom stereocenters. The van der Waals surface area contributed by atoms with Crippen LogP contribution in [0.3, 0.4) is 0 Å². The summed E-state index contributed by atoms with van der Waals surface area (Å²) in [6.07, 6.45) is 3.68. The lowest BCUT2D eigenvalue weighted by atomic mass is 9.74. The van der Waals surface area contributed by atoms with Gasteiger partial charge in [-0.1, -0.05) is 38.3 Å². The van der Waals surface area contributed by atoms with Crippen LogP contribution in [0, 0.1) is 5.41 Å². The molecule has 1 heterocycles. The fourth-order valence-electron chi connectivity index (χ4n) is 2.41. The Morgan fingerprint density at radius 1 is 1.17 bits per heavy atom. The highest BCUT2D eigenvalue weighted by atomic mass is 16.2. The van der Waals surface area contributed by atoms with Crippen LogP contribution in [0.4, 0.5) is 5.69 Å². The van der Waals surface area contributed by atoms with Crippen molar-refractivity contribution in [2.75, 3.05) is 5.32 Å². The van der Waals surface area contributed by atoms with Crippen molar-refractivity contribution in [3.63, 3.8) is 0 Å².